The number of furan rings is 1. The molecule has 0 aliphatic carbocycles. The van der Waals surface area contributed by atoms with Gasteiger partial charge in [-0.15, -0.1) is 0 Å². The third-order valence-electron chi connectivity index (χ3n) is 2.08. The Kier molecular flexibility index (Phi) is 2.43. The van der Waals surface area contributed by atoms with Gasteiger partial charge in [-0.25, -0.2) is 0 Å². The van der Waals surface area contributed by atoms with Crippen LogP contribution in [-0.4, -0.2) is 9.78 Å². The van der Waals surface area contributed by atoms with Crippen molar-refractivity contribution in [1.82, 2.24) is 9.78 Å². The van der Waals surface area contributed by atoms with E-state index in [0.29, 0.717) is 0 Å². The van der Waals surface area contributed by atoms with Gasteiger partial charge in [-0.1, -0.05) is 0 Å². The lowest BCUT2D eigenvalue weighted by molar-refractivity contribution is 0.478. The fraction of sp³-hybridized carbons (Fsp3) is 0.222. The van der Waals surface area contributed by atoms with E-state index in [1.54, 1.807) is 17.1 Å². The summed E-state index contributed by atoms with van der Waals surface area (Å²) in [5.41, 5.74) is 6.93. The molecule has 4 nitrogen and oxygen atoms in total. The zero-order valence-corrected chi connectivity index (χ0v) is 9.23. The van der Waals surface area contributed by atoms with E-state index in [-0.39, 0.29) is 6.04 Å². The van der Waals surface area contributed by atoms with E-state index >= 15 is 0 Å². The standard InChI is InChI=1S/C9H10BrN3O/c1-13-9(6(10)5-12-13)8(11)7-3-2-4-14-7/h2-5,8H,11H2,1H3. The first-order chi connectivity index (χ1) is 6.70. The molecule has 0 amide bonds. The van der Waals surface area contributed by atoms with Crippen LogP contribution < -0.4 is 5.73 Å². The Morgan fingerprint density at radius 2 is 2.43 bits per heavy atom. The second-order valence-electron chi connectivity index (χ2n) is 2.99. The smallest absolute Gasteiger partial charge is 0.126 e. The maximum atomic E-state index is 6.02. The van der Waals surface area contributed by atoms with Gasteiger partial charge >= 0.3 is 0 Å². The van der Waals surface area contributed by atoms with E-state index in [1.165, 1.54) is 0 Å². The van der Waals surface area contributed by atoms with Gasteiger partial charge in [0.2, 0.25) is 0 Å². The van der Waals surface area contributed by atoms with Crippen LogP contribution in [0.5, 0.6) is 0 Å². The van der Waals surface area contributed by atoms with Crippen molar-refractivity contribution in [1.29, 1.82) is 0 Å². The molecule has 2 heterocycles. The van der Waals surface area contributed by atoms with Crippen LogP contribution in [0, 0.1) is 0 Å². The average Bonchev–Trinajstić information content (AvgIpc) is 2.75. The fourth-order valence-electron chi connectivity index (χ4n) is 1.37. The lowest BCUT2D eigenvalue weighted by atomic mass is 10.2. The quantitative estimate of drug-likeness (QED) is 0.891. The Morgan fingerprint density at radius 1 is 1.64 bits per heavy atom. The summed E-state index contributed by atoms with van der Waals surface area (Å²) in [6.07, 6.45) is 3.33. The molecule has 5 heteroatoms. The van der Waals surface area contributed by atoms with Gasteiger partial charge in [0, 0.05) is 7.05 Å². The van der Waals surface area contributed by atoms with E-state index in [2.05, 4.69) is 21.0 Å². The highest BCUT2D eigenvalue weighted by atomic mass is 79.9. The van der Waals surface area contributed by atoms with Crippen molar-refractivity contribution in [3.8, 4) is 0 Å². The summed E-state index contributed by atoms with van der Waals surface area (Å²) in [6, 6.07) is 3.38. The number of hydrogen-bond acceptors (Lipinski definition) is 3. The van der Waals surface area contributed by atoms with Crippen LogP contribution in [-0.2, 0) is 7.05 Å². The summed E-state index contributed by atoms with van der Waals surface area (Å²) in [4.78, 5) is 0. The highest BCUT2D eigenvalue weighted by Gasteiger charge is 2.18. The molecule has 0 spiro atoms. The molecule has 0 saturated carbocycles. The molecule has 2 N–H and O–H groups in total. The maximum Gasteiger partial charge on any atom is 0.126 e. The predicted octanol–water partition coefficient (Wildman–Crippen LogP) is 1.82. The minimum atomic E-state index is -0.285. The zero-order valence-electron chi connectivity index (χ0n) is 7.64. The van der Waals surface area contributed by atoms with Crippen LogP contribution in [0.3, 0.4) is 0 Å². The molecule has 2 aromatic heterocycles. The van der Waals surface area contributed by atoms with Crippen molar-refractivity contribution in [3.05, 3.63) is 40.5 Å². The highest BCUT2D eigenvalue weighted by Crippen LogP contribution is 2.26. The number of nitrogens with two attached hydrogens (primary N) is 1. The number of hydrogen-bond donors (Lipinski definition) is 1. The van der Waals surface area contributed by atoms with Crippen LogP contribution in [0.25, 0.3) is 0 Å². The van der Waals surface area contributed by atoms with E-state index in [0.717, 1.165) is 15.9 Å². The third-order valence-corrected chi connectivity index (χ3v) is 2.69. The molecule has 0 bridgehead atoms. The van der Waals surface area contributed by atoms with Gasteiger partial charge in [0.05, 0.1) is 22.6 Å². The summed E-state index contributed by atoms with van der Waals surface area (Å²) >= 11 is 3.40. The number of halogens is 1. The minimum absolute atomic E-state index is 0.285. The summed E-state index contributed by atoms with van der Waals surface area (Å²) in [7, 11) is 1.85. The molecule has 0 radical (unpaired) electrons. The Morgan fingerprint density at radius 3 is 2.93 bits per heavy atom. The Bertz CT molecular complexity index is 402. The lowest BCUT2D eigenvalue weighted by Gasteiger charge is -2.09. The first kappa shape index (κ1) is 9.48. The summed E-state index contributed by atoms with van der Waals surface area (Å²) < 4.78 is 7.87. The Labute approximate surface area is 89.8 Å². The van der Waals surface area contributed by atoms with E-state index in [1.807, 2.05) is 19.2 Å². The Balaban J connectivity index is 2.41. The van der Waals surface area contributed by atoms with Crippen LogP contribution in [0.4, 0.5) is 0 Å². The SMILES string of the molecule is Cn1ncc(Br)c1C(N)c1ccco1. The molecule has 0 aliphatic heterocycles. The lowest BCUT2D eigenvalue weighted by Crippen LogP contribution is -2.15. The second-order valence-corrected chi connectivity index (χ2v) is 3.85. The highest BCUT2D eigenvalue weighted by molar-refractivity contribution is 9.10. The molecule has 74 valence electrons. The summed E-state index contributed by atoms with van der Waals surface area (Å²) in [5.74, 6) is 0.731. The van der Waals surface area contributed by atoms with Crippen LogP contribution >= 0.6 is 15.9 Å². The third kappa shape index (κ3) is 1.49. The first-order valence-corrected chi connectivity index (χ1v) is 4.96. The summed E-state index contributed by atoms with van der Waals surface area (Å²) in [6.45, 7) is 0. The molecule has 0 fully saturated rings. The van der Waals surface area contributed by atoms with E-state index in [9.17, 15) is 0 Å². The second kappa shape index (κ2) is 3.59. The normalized spacial score (nSPS) is 13.1. The summed E-state index contributed by atoms with van der Waals surface area (Å²) in [5, 5.41) is 4.10. The van der Waals surface area contributed by atoms with Gasteiger partial charge in [0.15, 0.2) is 0 Å². The number of nitrogens with zero attached hydrogens (tertiary/aromatic N) is 2. The first-order valence-electron chi connectivity index (χ1n) is 4.16. The van der Waals surface area contributed by atoms with E-state index < -0.39 is 0 Å². The van der Waals surface area contributed by atoms with Crippen molar-refractivity contribution in [2.75, 3.05) is 0 Å². The molecular formula is C9H10BrN3O. The van der Waals surface area contributed by atoms with Crippen molar-refractivity contribution < 1.29 is 4.42 Å². The van der Waals surface area contributed by atoms with Crippen molar-refractivity contribution >= 4 is 15.9 Å². The molecule has 1 atom stereocenters. The topological polar surface area (TPSA) is 57.0 Å². The fourth-order valence-corrected chi connectivity index (χ4v) is 1.97. The Hall–Kier alpha value is -1.07. The molecule has 0 aromatic carbocycles. The number of rotatable bonds is 2. The largest absolute Gasteiger partial charge is 0.467 e. The van der Waals surface area contributed by atoms with Gasteiger partial charge in [-0.05, 0) is 28.1 Å². The maximum absolute atomic E-state index is 6.02. The molecule has 0 saturated heterocycles. The van der Waals surface area contributed by atoms with Crippen LogP contribution in [0.15, 0.2) is 33.5 Å². The van der Waals surface area contributed by atoms with Gasteiger partial charge < -0.3 is 10.2 Å². The monoisotopic (exact) mass is 255 g/mol. The average molecular weight is 256 g/mol. The molecule has 0 aliphatic rings. The van der Waals surface area contributed by atoms with Gasteiger partial charge in [-0.3, -0.25) is 4.68 Å². The zero-order chi connectivity index (χ0) is 10.1. The predicted molar refractivity (Wildman–Crippen MR) is 55.6 cm³/mol. The molecule has 2 aromatic rings. The van der Waals surface area contributed by atoms with Gasteiger partial charge in [0.25, 0.3) is 0 Å². The van der Waals surface area contributed by atoms with Crippen LogP contribution in [0.2, 0.25) is 0 Å². The van der Waals surface area contributed by atoms with Gasteiger partial charge in [0.1, 0.15) is 11.8 Å². The number of aryl methyl sites for hydroxylation is 1. The molecule has 2 rings (SSSR count). The van der Waals surface area contributed by atoms with Gasteiger partial charge in [-0.2, -0.15) is 5.10 Å². The molecular weight excluding hydrogens is 246 g/mol. The molecule has 14 heavy (non-hydrogen) atoms. The number of aromatic nitrogens is 2. The van der Waals surface area contributed by atoms with Crippen molar-refractivity contribution in [2.45, 2.75) is 6.04 Å². The molecule has 1 unspecified atom stereocenters. The van der Waals surface area contributed by atoms with Crippen molar-refractivity contribution in [3.63, 3.8) is 0 Å². The van der Waals surface area contributed by atoms with Crippen LogP contribution in [0.1, 0.15) is 17.5 Å². The van der Waals surface area contributed by atoms with E-state index in [4.69, 9.17) is 10.2 Å². The van der Waals surface area contributed by atoms with Crippen molar-refractivity contribution in [2.24, 2.45) is 12.8 Å². The minimum Gasteiger partial charge on any atom is -0.467 e.